The Morgan fingerprint density at radius 3 is 1.83 bits per heavy atom. The van der Waals surface area contributed by atoms with Crippen LogP contribution in [0.3, 0.4) is 0 Å². The molecule has 148 valence electrons. The zero-order valence-electron chi connectivity index (χ0n) is 16.4. The summed E-state index contributed by atoms with van der Waals surface area (Å²) in [5.41, 5.74) is 3.92. The summed E-state index contributed by atoms with van der Waals surface area (Å²) in [6, 6.07) is 14.1. The van der Waals surface area contributed by atoms with Crippen molar-refractivity contribution >= 4 is 0 Å². The minimum Gasteiger partial charge on any atom is -0.264 e. The predicted octanol–water partition coefficient (Wildman–Crippen LogP) is 4.25. The van der Waals surface area contributed by atoms with Crippen LogP contribution in [-0.4, -0.2) is 35.0 Å². The van der Waals surface area contributed by atoms with Gasteiger partial charge in [-0.05, 0) is 25.0 Å². The molecule has 3 aromatic heterocycles. The average molecular weight is 387 g/mol. The molecule has 0 saturated heterocycles. The third kappa shape index (κ3) is 5.34. The van der Waals surface area contributed by atoms with Crippen LogP contribution in [0.2, 0.25) is 0 Å². The van der Waals surface area contributed by atoms with Gasteiger partial charge in [-0.1, -0.05) is 60.0 Å². The molecule has 0 atom stereocenters. The minimum absolute atomic E-state index is 0.876. The first-order valence-electron chi connectivity index (χ1n) is 10.1. The van der Waals surface area contributed by atoms with Crippen LogP contribution in [0.1, 0.15) is 32.1 Å². The van der Waals surface area contributed by atoms with Crippen molar-refractivity contribution in [2.75, 3.05) is 0 Å². The largest absolute Gasteiger partial charge is 0.264 e. The van der Waals surface area contributed by atoms with Crippen LogP contribution in [-0.2, 0) is 13.1 Å². The van der Waals surface area contributed by atoms with E-state index in [0.29, 0.717) is 0 Å². The number of hydrogen-bond acceptors (Lipinski definition) is 5. The molecule has 29 heavy (non-hydrogen) atoms. The van der Waals surface area contributed by atoms with Crippen molar-refractivity contribution in [3.05, 3.63) is 67.3 Å². The Labute approximate surface area is 170 Å². The molecule has 0 spiro atoms. The topological polar surface area (TPSA) is 74.3 Å². The standard InChI is InChI=1S/C22H25N7/c1(2-7-14-28-17-21(24-26-28)19-10-5-4-6-11-19)3-8-15-29-18-22(25-27-29)20-12-9-13-23-16-20/h4-6,9-13,16-18H,1-3,7-8,14-15H2. The van der Waals surface area contributed by atoms with Gasteiger partial charge in [-0.3, -0.25) is 14.3 Å². The molecule has 7 heteroatoms. The van der Waals surface area contributed by atoms with Gasteiger partial charge in [0.25, 0.3) is 0 Å². The van der Waals surface area contributed by atoms with Gasteiger partial charge >= 0.3 is 0 Å². The Balaban J connectivity index is 1.12. The molecule has 0 amide bonds. The predicted molar refractivity (Wildman–Crippen MR) is 112 cm³/mol. The normalized spacial score (nSPS) is 11.0. The lowest BCUT2D eigenvalue weighted by Gasteiger charge is -2.02. The van der Waals surface area contributed by atoms with E-state index in [1.54, 1.807) is 6.20 Å². The lowest BCUT2D eigenvalue weighted by atomic mass is 10.1. The van der Waals surface area contributed by atoms with Crippen LogP contribution in [0.25, 0.3) is 22.5 Å². The van der Waals surface area contributed by atoms with Gasteiger partial charge < -0.3 is 0 Å². The Hall–Kier alpha value is -3.35. The van der Waals surface area contributed by atoms with E-state index in [1.165, 1.54) is 19.3 Å². The second kappa shape index (κ2) is 9.73. The van der Waals surface area contributed by atoms with Gasteiger partial charge in [0.1, 0.15) is 11.4 Å². The molecule has 1 aromatic carbocycles. The smallest absolute Gasteiger partial charge is 0.114 e. The number of nitrogens with zero attached hydrogens (tertiary/aromatic N) is 7. The van der Waals surface area contributed by atoms with Crippen molar-refractivity contribution < 1.29 is 0 Å². The fraction of sp³-hybridized carbons (Fsp3) is 0.318. The molecule has 0 aliphatic rings. The summed E-state index contributed by atoms with van der Waals surface area (Å²) in [6.45, 7) is 1.81. The molecule has 4 rings (SSSR count). The quantitative estimate of drug-likeness (QED) is 0.380. The van der Waals surface area contributed by atoms with Gasteiger partial charge in [-0.25, -0.2) is 0 Å². The molecular weight excluding hydrogens is 362 g/mol. The Morgan fingerprint density at radius 2 is 1.21 bits per heavy atom. The Kier molecular flexibility index (Phi) is 6.37. The third-order valence-corrected chi connectivity index (χ3v) is 4.88. The number of unbranched alkanes of at least 4 members (excludes halogenated alkanes) is 4. The molecule has 0 aliphatic heterocycles. The maximum absolute atomic E-state index is 4.27. The Bertz CT molecular complexity index is 910. The van der Waals surface area contributed by atoms with E-state index in [1.807, 2.05) is 58.3 Å². The number of pyridine rings is 1. The molecular formula is C22H25N7. The van der Waals surface area contributed by atoms with Crippen LogP contribution < -0.4 is 0 Å². The summed E-state index contributed by atoms with van der Waals surface area (Å²) in [5, 5.41) is 16.9. The van der Waals surface area contributed by atoms with E-state index in [0.717, 1.165) is 48.4 Å². The van der Waals surface area contributed by atoms with Crippen molar-refractivity contribution in [1.29, 1.82) is 0 Å². The number of hydrogen-bond donors (Lipinski definition) is 0. The number of aromatic nitrogens is 7. The first-order valence-corrected chi connectivity index (χ1v) is 10.1. The highest BCUT2D eigenvalue weighted by molar-refractivity contribution is 5.57. The molecule has 0 radical (unpaired) electrons. The van der Waals surface area contributed by atoms with Gasteiger partial charge in [-0.2, -0.15) is 0 Å². The fourth-order valence-corrected chi connectivity index (χ4v) is 3.28. The van der Waals surface area contributed by atoms with Crippen molar-refractivity contribution in [3.63, 3.8) is 0 Å². The van der Waals surface area contributed by atoms with E-state index >= 15 is 0 Å². The zero-order chi connectivity index (χ0) is 19.7. The van der Waals surface area contributed by atoms with Crippen molar-refractivity contribution in [1.82, 2.24) is 35.0 Å². The SMILES string of the molecule is c1ccc(-c2cn(CCCCCCCn3cc(-c4cccnc4)nn3)nn2)cc1. The Morgan fingerprint density at radius 1 is 0.621 bits per heavy atom. The molecule has 7 nitrogen and oxygen atoms in total. The van der Waals surface area contributed by atoms with Gasteiger partial charge in [0.2, 0.25) is 0 Å². The van der Waals surface area contributed by atoms with E-state index < -0.39 is 0 Å². The van der Waals surface area contributed by atoms with Gasteiger partial charge in [0.05, 0.1) is 12.4 Å². The number of rotatable bonds is 10. The van der Waals surface area contributed by atoms with Gasteiger partial charge in [-0.15, -0.1) is 10.2 Å². The molecule has 4 aromatic rings. The first-order chi connectivity index (χ1) is 14.4. The molecule has 0 aliphatic carbocycles. The van der Waals surface area contributed by atoms with Crippen LogP contribution >= 0.6 is 0 Å². The third-order valence-electron chi connectivity index (χ3n) is 4.88. The fourth-order valence-electron chi connectivity index (χ4n) is 3.28. The van der Waals surface area contributed by atoms with Crippen molar-refractivity contribution in [3.8, 4) is 22.5 Å². The second-order valence-electron chi connectivity index (χ2n) is 7.11. The molecule has 0 N–H and O–H groups in total. The minimum atomic E-state index is 0.876. The highest BCUT2D eigenvalue weighted by Crippen LogP contribution is 2.16. The van der Waals surface area contributed by atoms with Crippen LogP contribution in [0.5, 0.6) is 0 Å². The molecule has 0 fully saturated rings. The number of aryl methyl sites for hydroxylation is 2. The van der Waals surface area contributed by atoms with Crippen LogP contribution in [0.15, 0.2) is 67.3 Å². The average Bonchev–Trinajstić information content (AvgIpc) is 3.44. The highest BCUT2D eigenvalue weighted by Gasteiger charge is 2.04. The van der Waals surface area contributed by atoms with E-state index in [2.05, 4.69) is 37.7 Å². The van der Waals surface area contributed by atoms with Crippen molar-refractivity contribution in [2.24, 2.45) is 0 Å². The van der Waals surface area contributed by atoms with E-state index in [-0.39, 0.29) is 0 Å². The summed E-state index contributed by atoms with van der Waals surface area (Å²) < 4.78 is 3.86. The van der Waals surface area contributed by atoms with Crippen molar-refractivity contribution in [2.45, 2.75) is 45.2 Å². The molecule has 0 saturated carbocycles. The summed E-state index contributed by atoms with van der Waals surface area (Å²) in [4.78, 5) is 4.13. The highest BCUT2D eigenvalue weighted by atomic mass is 15.4. The first kappa shape index (κ1) is 19.0. The van der Waals surface area contributed by atoms with E-state index in [9.17, 15) is 0 Å². The number of benzene rings is 1. The van der Waals surface area contributed by atoms with E-state index in [4.69, 9.17) is 0 Å². The summed E-state index contributed by atoms with van der Waals surface area (Å²) in [5.74, 6) is 0. The van der Waals surface area contributed by atoms with Gasteiger partial charge in [0.15, 0.2) is 0 Å². The summed E-state index contributed by atoms with van der Waals surface area (Å²) in [6.07, 6.45) is 13.4. The molecule has 0 bridgehead atoms. The van der Waals surface area contributed by atoms with Crippen LogP contribution in [0.4, 0.5) is 0 Å². The summed E-state index contributed by atoms with van der Waals surface area (Å²) >= 11 is 0. The van der Waals surface area contributed by atoms with Crippen LogP contribution in [0, 0.1) is 0 Å². The molecule has 3 heterocycles. The monoisotopic (exact) mass is 387 g/mol. The summed E-state index contributed by atoms with van der Waals surface area (Å²) in [7, 11) is 0. The lowest BCUT2D eigenvalue weighted by molar-refractivity contribution is 0.492. The maximum atomic E-state index is 4.27. The second-order valence-corrected chi connectivity index (χ2v) is 7.11. The maximum Gasteiger partial charge on any atom is 0.114 e. The lowest BCUT2D eigenvalue weighted by Crippen LogP contribution is -2.00. The zero-order valence-corrected chi connectivity index (χ0v) is 16.4. The van der Waals surface area contributed by atoms with Gasteiger partial charge in [0, 0.05) is 36.6 Å². The molecule has 0 unspecified atom stereocenters.